The molecule has 0 aliphatic heterocycles. The SMILES string of the molecule is Cc1nc(-c2nc(C(=O)NC3CC3)c3ccccn23)cn1Cc1ccncc1. The number of nitrogens with zero attached hydrogens (tertiary/aromatic N) is 5. The highest BCUT2D eigenvalue weighted by atomic mass is 16.2. The molecule has 0 aromatic carbocycles. The minimum atomic E-state index is -0.120. The molecule has 1 fully saturated rings. The summed E-state index contributed by atoms with van der Waals surface area (Å²) >= 11 is 0. The molecule has 1 aliphatic carbocycles. The van der Waals surface area contributed by atoms with Crippen LogP contribution in [0.15, 0.2) is 55.1 Å². The van der Waals surface area contributed by atoms with Crippen LogP contribution >= 0.6 is 0 Å². The van der Waals surface area contributed by atoms with Crippen LogP contribution in [0.2, 0.25) is 0 Å². The Morgan fingerprint density at radius 3 is 2.79 bits per heavy atom. The van der Waals surface area contributed by atoms with E-state index in [2.05, 4.69) is 19.9 Å². The summed E-state index contributed by atoms with van der Waals surface area (Å²) in [6, 6.07) is 10.0. The van der Waals surface area contributed by atoms with Crippen LogP contribution in [0.4, 0.5) is 0 Å². The highest BCUT2D eigenvalue weighted by Crippen LogP contribution is 2.24. The molecular formula is C21H20N6O. The van der Waals surface area contributed by atoms with Gasteiger partial charge in [-0.05, 0) is 49.6 Å². The Morgan fingerprint density at radius 2 is 2.00 bits per heavy atom. The summed E-state index contributed by atoms with van der Waals surface area (Å²) in [6.07, 6.45) is 9.57. The zero-order valence-corrected chi connectivity index (χ0v) is 15.5. The second kappa shape index (κ2) is 6.60. The van der Waals surface area contributed by atoms with E-state index in [4.69, 9.17) is 4.98 Å². The number of aryl methyl sites for hydroxylation is 1. The van der Waals surface area contributed by atoms with Gasteiger partial charge in [0.25, 0.3) is 5.91 Å². The van der Waals surface area contributed by atoms with Gasteiger partial charge in [-0.1, -0.05) is 6.07 Å². The van der Waals surface area contributed by atoms with Gasteiger partial charge in [0.2, 0.25) is 0 Å². The number of hydrogen-bond donors (Lipinski definition) is 1. The lowest BCUT2D eigenvalue weighted by atomic mass is 10.3. The van der Waals surface area contributed by atoms with E-state index in [1.165, 1.54) is 0 Å². The van der Waals surface area contributed by atoms with Crippen molar-refractivity contribution in [3.63, 3.8) is 0 Å². The zero-order valence-electron chi connectivity index (χ0n) is 15.5. The monoisotopic (exact) mass is 372 g/mol. The van der Waals surface area contributed by atoms with E-state index in [9.17, 15) is 4.79 Å². The minimum Gasteiger partial charge on any atom is -0.348 e. The van der Waals surface area contributed by atoms with Gasteiger partial charge in [-0.15, -0.1) is 0 Å². The zero-order chi connectivity index (χ0) is 19.1. The van der Waals surface area contributed by atoms with E-state index < -0.39 is 0 Å². The van der Waals surface area contributed by atoms with Gasteiger partial charge in [0.15, 0.2) is 11.5 Å². The smallest absolute Gasteiger partial charge is 0.272 e. The lowest BCUT2D eigenvalue weighted by Gasteiger charge is -2.03. The van der Waals surface area contributed by atoms with Crippen molar-refractivity contribution < 1.29 is 4.79 Å². The number of hydrogen-bond acceptors (Lipinski definition) is 4. The summed E-state index contributed by atoms with van der Waals surface area (Å²) in [7, 11) is 0. The molecule has 140 valence electrons. The highest BCUT2D eigenvalue weighted by molar-refractivity contribution is 6.00. The molecule has 1 saturated carbocycles. The van der Waals surface area contributed by atoms with E-state index in [1.54, 1.807) is 12.4 Å². The number of fused-ring (bicyclic) bond motifs is 1. The fourth-order valence-corrected chi connectivity index (χ4v) is 3.33. The summed E-state index contributed by atoms with van der Waals surface area (Å²) in [6.45, 7) is 2.68. The highest BCUT2D eigenvalue weighted by Gasteiger charge is 2.27. The maximum Gasteiger partial charge on any atom is 0.272 e. The second-order valence-corrected chi connectivity index (χ2v) is 7.14. The molecule has 7 nitrogen and oxygen atoms in total. The molecule has 5 rings (SSSR count). The molecule has 28 heavy (non-hydrogen) atoms. The molecule has 1 N–H and O–H groups in total. The Hall–Kier alpha value is -3.48. The second-order valence-electron chi connectivity index (χ2n) is 7.14. The largest absolute Gasteiger partial charge is 0.348 e. The number of aromatic nitrogens is 5. The van der Waals surface area contributed by atoms with Crippen molar-refractivity contribution in [1.82, 2.24) is 29.2 Å². The van der Waals surface area contributed by atoms with Crippen LogP contribution in [0, 0.1) is 6.92 Å². The van der Waals surface area contributed by atoms with Crippen LogP contribution in [0.25, 0.3) is 17.0 Å². The average Bonchev–Trinajstić information content (AvgIpc) is 3.33. The first-order chi connectivity index (χ1) is 13.7. The third-order valence-corrected chi connectivity index (χ3v) is 4.98. The summed E-state index contributed by atoms with van der Waals surface area (Å²) < 4.78 is 4.01. The van der Waals surface area contributed by atoms with Crippen LogP contribution in [0.5, 0.6) is 0 Å². The first-order valence-electron chi connectivity index (χ1n) is 9.40. The Labute approximate surface area is 162 Å². The van der Waals surface area contributed by atoms with E-state index in [0.29, 0.717) is 24.1 Å². The van der Waals surface area contributed by atoms with E-state index in [1.807, 2.05) is 54.0 Å². The van der Waals surface area contributed by atoms with Gasteiger partial charge in [-0.3, -0.25) is 14.2 Å². The fourth-order valence-electron chi connectivity index (χ4n) is 3.33. The van der Waals surface area contributed by atoms with Gasteiger partial charge in [0.1, 0.15) is 11.5 Å². The quantitative estimate of drug-likeness (QED) is 0.584. The molecule has 0 unspecified atom stereocenters. The third kappa shape index (κ3) is 3.05. The van der Waals surface area contributed by atoms with Crippen molar-refractivity contribution in [2.45, 2.75) is 32.4 Å². The van der Waals surface area contributed by atoms with Gasteiger partial charge >= 0.3 is 0 Å². The van der Waals surface area contributed by atoms with Crippen molar-refractivity contribution in [3.05, 3.63) is 72.2 Å². The number of rotatable bonds is 5. The number of nitrogens with one attached hydrogen (secondary N) is 1. The normalized spacial score (nSPS) is 13.8. The molecular weight excluding hydrogens is 352 g/mol. The van der Waals surface area contributed by atoms with Crippen LogP contribution in [-0.4, -0.2) is 35.9 Å². The van der Waals surface area contributed by atoms with Gasteiger partial charge in [0, 0.05) is 37.4 Å². The topological polar surface area (TPSA) is 77.1 Å². The molecule has 1 aliphatic rings. The summed E-state index contributed by atoms with van der Waals surface area (Å²) in [5.41, 5.74) is 3.14. The van der Waals surface area contributed by atoms with Crippen molar-refractivity contribution in [2.24, 2.45) is 0 Å². The van der Waals surface area contributed by atoms with Crippen molar-refractivity contribution >= 4 is 11.4 Å². The Kier molecular flexibility index (Phi) is 3.93. The maximum absolute atomic E-state index is 12.6. The first kappa shape index (κ1) is 16.7. The van der Waals surface area contributed by atoms with Gasteiger partial charge in [-0.2, -0.15) is 0 Å². The van der Waals surface area contributed by atoms with Gasteiger partial charge in [0.05, 0.1) is 5.52 Å². The van der Waals surface area contributed by atoms with E-state index >= 15 is 0 Å². The molecule has 0 atom stereocenters. The Morgan fingerprint density at radius 1 is 1.18 bits per heavy atom. The van der Waals surface area contributed by atoms with Gasteiger partial charge < -0.3 is 9.88 Å². The Bertz CT molecular complexity index is 1160. The molecule has 4 heterocycles. The number of imidazole rings is 2. The molecule has 7 heteroatoms. The summed E-state index contributed by atoms with van der Waals surface area (Å²) in [5, 5.41) is 3.03. The molecule has 4 aromatic rings. The predicted molar refractivity (Wildman–Crippen MR) is 105 cm³/mol. The van der Waals surface area contributed by atoms with Crippen molar-refractivity contribution in [3.8, 4) is 11.5 Å². The molecule has 0 saturated heterocycles. The lowest BCUT2D eigenvalue weighted by Crippen LogP contribution is -2.25. The minimum absolute atomic E-state index is 0.120. The third-order valence-electron chi connectivity index (χ3n) is 4.98. The molecule has 0 bridgehead atoms. The van der Waals surface area contributed by atoms with E-state index in [-0.39, 0.29) is 5.91 Å². The Balaban J connectivity index is 1.54. The summed E-state index contributed by atoms with van der Waals surface area (Å²) in [4.78, 5) is 26.1. The number of carbonyl (C=O) groups excluding carboxylic acids is 1. The van der Waals surface area contributed by atoms with Crippen molar-refractivity contribution in [2.75, 3.05) is 0 Å². The molecule has 1 amide bonds. The van der Waals surface area contributed by atoms with E-state index in [0.717, 1.165) is 35.4 Å². The molecule has 0 spiro atoms. The predicted octanol–water partition coefficient (Wildman–Crippen LogP) is 2.84. The van der Waals surface area contributed by atoms with Crippen LogP contribution in [0.1, 0.15) is 34.7 Å². The van der Waals surface area contributed by atoms with Crippen molar-refractivity contribution in [1.29, 1.82) is 0 Å². The number of amides is 1. The van der Waals surface area contributed by atoms with Crippen LogP contribution in [0.3, 0.4) is 0 Å². The van der Waals surface area contributed by atoms with Crippen LogP contribution in [-0.2, 0) is 6.54 Å². The fraction of sp³-hybridized carbons (Fsp3) is 0.238. The number of carbonyl (C=O) groups is 1. The summed E-state index contributed by atoms with van der Waals surface area (Å²) in [5.74, 6) is 1.45. The van der Waals surface area contributed by atoms with Crippen LogP contribution < -0.4 is 5.32 Å². The first-order valence-corrected chi connectivity index (χ1v) is 9.40. The lowest BCUT2D eigenvalue weighted by molar-refractivity contribution is 0.0948. The standard InChI is InChI=1S/C21H20N6O/c1-14-23-17(13-26(14)12-15-7-9-22-10-8-15)20-25-19(21(28)24-16-5-6-16)18-4-2-3-11-27(18)20/h2-4,7-11,13,16H,5-6,12H2,1H3,(H,24,28). The average molecular weight is 372 g/mol. The van der Waals surface area contributed by atoms with Gasteiger partial charge in [-0.25, -0.2) is 9.97 Å². The maximum atomic E-state index is 12.6. The molecule has 0 radical (unpaired) electrons. The number of pyridine rings is 2. The molecule has 4 aromatic heterocycles.